The third-order valence-electron chi connectivity index (χ3n) is 3.07. The van der Waals surface area contributed by atoms with Gasteiger partial charge in [-0.15, -0.1) is 11.8 Å². The molecule has 1 aliphatic heterocycles. The van der Waals surface area contributed by atoms with Gasteiger partial charge >= 0.3 is 0 Å². The van der Waals surface area contributed by atoms with Crippen molar-refractivity contribution in [3.63, 3.8) is 0 Å². The van der Waals surface area contributed by atoms with Crippen LogP contribution in [0.5, 0.6) is 0 Å². The highest BCUT2D eigenvalue weighted by Crippen LogP contribution is 2.15. The van der Waals surface area contributed by atoms with Crippen LogP contribution in [0.3, 0.4) is 0 Å². The molecule has 1 aliphatic rings. The van der Waals surface area contributed by atoms with Gasteiger partial charge in [0.25, 0.3) is 0 Å². The van der Waals surface area contributed by atoms with Crippen LogP contribution in [0.15, 0.2) is 29.2 Å². The molecule has 3 nitrogen and oxygen atoms in total. The van der Waals surface area contributed by atoms with Gasteiger partial charge in [-0.05, 0) is 36.8 Å². The molecular weight excluding hydrogens is 246 g/mol. The van der Waals surface area contributed by atoms with Crippen molar-refractivity contribution in [2.75, 3.05) is 19.4 Å². The SMILES string of the molecule is CSc1ccc(CC(=O)NCC2CCCO2)cc1. The summed E-state index contributed by atoms with van der Waals surface area (Å²) in [5.74, 6) is 0.0717. The van der Waals surface area contributed by atoms with Gasteiger partial charge in [0.15, 0.2) is 0 Å². The Bertz CT molecular complexity index is 385. The summed E-state index contributed by atoms with van der Waals surface area (Å²) in [6.45, 7) is 1.47. The fourth-order valence-corrected chi connectivity index (χ4v) is 2.43. The molecular formula is C14H19NO2S. The zero-order valence-corrected chi connectivity index (χ0v) is 11.5. The van der Waals surface area contributed by atoms with Gasteiger partial charge in [-0.3, -0.25) is 4.79 Å². The number of benzene rings is 1. The molecule has 1 amide bonds. The molecule has 1 aromatic carbocycles. The smallest absolute Gasteiger partial charge is 0.224 e. The number of amides is 1. The van der Waals surface area contributed by atoms with Crippen LogP contribution < -0.4 is 5.32 Å². The Morgan fingerprint density at radius 2 is 2.22 bits per heavy atom. The van der Waals surface area contributed by atoms with Gasteiger partial charge in [0.1, 0.15) is 0 Å². The number of hydrogen-bond donors (Lipinski definition) is 1. The van der Waals surface area contributed by atoms with Crippen LogP contribution >= 0.6 is 11.8 Å². The van der Waals surface area contributed by atoms with E-state index in [-0.39, 0.29) is 12.0 Å². The minimum atomic E-state index is 0.0717. The molecule has 2 rings (SSSR count). The lowest BCUT2D eigenvalue weighted by Gasteiger charge is -2.10. The van der Waals surface area contributed by atoms with Crippen molar-refractivity contribution in [3.05, 3.63) is 29.8 Å². The van der Waals surface area contributed by atoms with Crippen LogP contribution in [-0.4, -0.2) is 31.4 Å². The first-order valence-electron chi connectivity index (χ1n) is 6.29. The standard InChI is InChI=1S/C14H19NO2S/c1-18-13-6-4-11(5-7-13)9-14(16)15-10-12-3-2-8-17-12/h4-7,12H,2-3,8-10H2,1H3,(H,15,16). The molecule has 1 aromatic rings. The first kappa shape index (κ1) is 13.4. The first-order valence-corrected chi connectivity index (χ1v) is 7.51. The number of ether oxygens (including phenoxy) is 1. The predicted octanol–water partition coefficient (Wildman–Crippen LogP) is 2.25. The van der Waals surface area contributed by atoms with Gasteiger partial charge in [-0.2, -0.15) is 0 Å². The van der Waals surface area contributed by atoms with Crippen molar-refractivity contribution < 1.29 is 9.53 Å². The molecule has 0 aliphatic carbocycles. The van der Waals surface area contributed by atoms with Crippen molar-refractivity contribution in [3.8, 4) is 0 Å². The fraction of sp³-hybridized carbons (Fsp3) is 0.500. The topological polar surface area (TPSA) is 38.3 Å². The summed E-state index contributed by atoms with van der Waals surface area (Å²) in [6, 6.07) is 8.12. The Balaban J connectivity index is 1.75. The van der Waals surface area contributed by atoms with Crippen LogP contribution in [0.4, 0.5) is 0 Å². The van der Waals surface area contributed by atoms with Crippen molar-refractivity contribution in [2.24, 2.45) is 0 Å². The number of rotatable bonds is 5. The summed E-state index contributed by atoms with van der Waals surface area (Å²) < 4.78 is 5.47. The molecule has 1 saturated heterocycles. The third kappa shape index (κ3) is 4.03. The second-order valence-electron chi connectivity index (χ2n) is 4.46. The van der Waals surface area contributed by atoms with E-state index in [1.54, 1.807) is 11.8 Å². The van der Waals surface area contributed by atoms with E-state index >= 15 is 0 Å². The van der Waals surface area contributed by atoms with E-state index in [1.807, 2.05) is 30.5 Å². The zero-order valence-electron chi connectivity index (χ0n) is 10.6. The van der Waals surface area contributed by atoms with Crippen molar-refractivity contribution >= 4 is 17.7 Å². The fourth-order valence-electron chi connectivity index (χ4n) is 2.02. The molecule has 1 N–H and O–H groups in total. The van der Waals surface area contributed by atoms with E-state index < -0.39 is 0 Å². The summed E-state index contributed by atoms with van der Waals surface area (Å²) in [5.41, 5.74) is 1.05. The minimum absolute atomic E-state index is 0.0717. The molecule has 1 unspecified atom stereocenters. The first-order chi connectivity index (χ1) is 8.78. The average Bonchev–Trinajstić information content (AvgIpc) is 2.90. The van der Waals surface area contributed by atoms with Gasteiger partial charge in [0, 0.05) is 18.0 Å². The second kappa shape index (κ2) is 6.81. The Morgan fingerprint density at radius 1 is 1.44 bits per heavy atom. The van der Waals surface area contributed by atoms with E-state index in [9.17, 15) is 4.79 Å². The minimum Gasteiger partial charge on any atom is -0.376 e. The maximum Gasteiger partial charge on any atom is 0.224 e. The normalized spacial score (nSPS) is 18.8. The second-order valence-corrected chi connectivity index (χ2v) is 5.34. The van der Waals surface area contributed by atoms with E-state index in [2.05, 4.69) is 5.32 Å². The summed E-state index contributed by atoms with van der Waals surface area (Å²) in [5, 5.41) is 2.93. The Kier molecular flexibility index (Phi) is 5.08. The Morgan fingerprint density at radius 3 is 2.83 bits per heavy atom. The summed E-state index contributed by atoms with van der Waals surface area (Å²) in [7, 11) is 0. The van der Waals surface area contributed by atoms with E-state index in [1.165, 1.54) is 4.90 Å². The highest BCUT2D eigenvalue weighted by atomic mass is 32.2. The number of nitrogens with one attached hydrogen (secondary N) is 1. The molecule has 1 fully saturated rings. The average molecular weight is 265 g/mol. The lowest BCUT2D eigenvalue weighted by atomic mass is 10.1. The lowest BCUT2D eigenvalue weighted by Crippen LogP contribution is -2.32. The van der Waals surface area contributed by atoms with Crippen molar-refractivity contribution in [2.45, 2.75) is 30.3 Å². The predicted molar refractivity (Wildman–Crippen MR) is 73.9 cm³/mol. The molecule has 0 aromatic heterocycles. The van der Waals surface area contributed by atoms with Crippen LogP contribution in [0.2, 0.25) is 0 Å². The van der Waals surface area contributed by atoms with Gasteiger partial charge in [-0.1, -0.05) is 12.1 Å². The molecule has 1 heterocycles. The maximum atomic E-state index is 11.8. The zero-order chi connectivity index (χ0) is 12.8. The summed E-state index contributed by atoms with van der Waals surface area (Å²) in [6.07, 6.45) is 4.87. The number of carbonyl (C=O) groups excluding carboxylic acids is 1. The molecule has 0 radical (unpaired) electrons. The third-order valence-corrected chi connectivity index (χ3v) is 3.82. The molecule has 1 atom stereocenters. The summed E-state index contributed by atoms with van der Waals surface area (Å²) in [4.78, 5) is 13.0. The van der Waals surface area contributed by atoms with E-state index in [4.69, 9.17) is 4.74 Å². The van der Waals surface area contributed by atoms with Crippen LogP contribution in [0, 0.1) is 0 Å². The summed E-state index contributed by atoms with van der Waals surface area (Å²) >= 11 is 1.71. The van der Waals surface area contributed by atoms with Crippen molar-refractivity contribution in [1.82, 2.24) is 5.32 Å². The van der Waals surface area contributed by atoms with Gasteiger partial charge < -0.3 is 10.1 Å². The van der Waals surface area contributed by atoms with Crippen molar-refractivity contribution in [1.29, 1.82) is 0 Å². The van der Waals surface area contributed by atoms with Gasteiger partial charge in [0.2, 0.25) is 5.91 Å². The quantitative estimate of drug-likeness (QED) is 0.830. The highest BCUT2D eigenvalue weighted by molar-refractivity contribution is 7.98. The molecule has 98 valence electrons. The van der Waals surface area contributed by atoms with Crippen LogP contribution in [-0.2, 0) is 16.0 Å². The maximum absolute atomic E-state index is 11.8. The number of hydrogen-bond acceptors (Lipinski definition) is 3. The molecule has 0 spiro atoms. The molecule has 0 saturated carbocycles. The lowest BCUT2D eigenvalue weighted by molar-refractivity contribution is -0.120. The monoisotopic (exact) mass is 265 g/mol. The molecule has 18 heavy (non-hydrogen) atoms. The Labute approximate surface area is 112 Å². The van der Waals surface area contributed by atoms with Gasteiger partial charge in [0.05, 0.1) is 12.5 Å². The highest BCUT2D eigenvalue weighted by Gasteiger charge is 2.16. The molecule has 0 bridgehead atoms. The van der Waals surface area contributed by atoms with E-state index in [0.29, 0.717) is 13.0 Å². The van der Waals surface area contributed by atoms with Gasteiger partial charge in [-0.25, -0.2) is 0 Å². The molecule has 4 heteroatoms. The Hall–Kier alpha value is -1.00. The number of carbonyl (C=O) groups is 1. The number of thioether (sulfide) groups is 1. The van der Waals surface area contributed by atoms with E-state index in [0.717, 1.165) is 25.0 Å². The largest absolute Gasteiger partial charge is 0.376 e. The van der Waals surface area contributed by atoms with Crippen LogP contribution in [0.1, 0.15) is 18.4 Å². The van der Waals surface area contributed by atoms with Crippen LogP contribution in [0.25, 0.3) is 0 Å².